The summed E-state index contributed by atoms with van der Waals surface area (Å²) in [6.07, 6.45) is 0.991. The molecule has 0 fully saturated rings. The lowest BCUT2D eigenvalue weighted by Crippen LogP contribution is -2.34. The number of aliphatic hydroxyl groups excluding tert-OH is 1. The number of hydrogen-bond acceptors (Lipinski definition) is 2. The van der Waals surface area contributed by atoms with Gasteiger partial charge < -0.3 is 10.4 Å². The van der Waals surface area contributed by atoms with Gasteiger partial charge in [-0.25, -0.2) is 0 Å². The SMILES string of the molecule is CCC(C)(CO)CNCc1ccccc1. The van der Waals surface area contributed by atoms with E-state index in [2.05, 4.69) is 31.3 Å². The zero-order chi connectivity index (χ0) is 11.1. The molecule has 0 aromatic heterocycles. The predicted octanol–water partition coefficient (Wildman–Crippen LogP) is 2.18. The molecule has 0 aliphatic heterocycles. The number of hydrogen-bond donors (Lipinski definition) is 2. The lowest BCUT2D eigenvalue weighted by molar-refractivity contribution is 0.135. The predicted molar refractivity (Wildman–Crippen MR) is 63.6 cm³/mol. The highest BCUT2D eigenvalue weighted by Gasteiger charge is 2.19. The lowest BCUT2D eigenvalue weighted by atomic mass is 9.88. The van der Waals surface area contributed by atoms with Crippen molar-refractivity contribution in [2.24, 2.45) is 5.41 Å². The third-order valence-corrected chi connectivity index (χ3v) is 2.96. The third kappa shape index (κ3) is 4.02. The first-order chi connectivity index (χ1) is 7.20. The lowest BCUT2D eigenvalue weighted by Gasteiger charge is -2.25. The highest BCUT2D eigenvalue weighted by atomic mass is 16.3. The monoisotopic (exact) mass is 207 g/mol. The molecule has 2 N–H and O–H groups in total. The molecule has 0 radical (unpaired) electrons. The van der Waals surface area contributed by atoms with Gasteiger partial charge in [-0.1, -0.05) is 44.2 Å². The second-order valence-corrected chi connectivity index (χ2v) is 4.41. The number of rotatable bonds is 6. The first-order valence-corrected chi connectivity index (χ1v) is 5.56. The van der Waals surface area contributed by atoms with Crippen molar-refractivity contribution in [3.05, 3.63) is 35.9 Å². The van der Waals surface area contributed by atoms with Crippen LogP contribution in [0.2, 0.25) is 0 Å². The highest BCUT2D eigenvalue weighted by molar-refractivity contribution is 5.14. The molecule has 1 aromatic rings. The van der Waals surface area contributed by atoms with Crippen molar-refractivity contribution in [1.82, 2.24) is 5.32 Å². The molecule has 1 atom stereocenters. The molecule has 1 unspecified atom stereocenters. The fraction of sp³-hybridized carbons (Fsp3) is 0.538. The summed E-state index contributed by atoms with van der Waals surface area (Å²) in [5.74, 6) is 0. The fourth-order valence-electron chi connectivity index (χ4n) is 1.40. The molecule has 0 amide bonds. The van der Waals surface area contributed by atoms with Crippen molar-refractivity contribution < 1.29 is 5.11 Å². The van der Waals surface area contributed by atoms with Crippen LogP contribution in [0.3, 0.4) is 0 Å². The first-order valence-electron chi connectivity index (χ1n) is 5.56. The second-order valence-electron chi connectivity index (χ2n) is 4.41. The maximum atomic E-state index is 9.24. The van der Waals surface area contributed by atoms with E-state index < -0.39 is 0 Å². The minimum absolute atomic E-state index is 0.00871. The van der Waals surface area contributed by atoms with E-state index in [9.17, 15) is 5.11 Å². The molecular weight excluding hydrogens is 186 g/mol. The normalized spacial score (nSPS) is 14.9. The van der Waals surface area contributed by atoms with Crippen molar-refractivity contribution in [3.63, 3.8) is 0 Å². The Kier molecular flexibility index (Phi) is 4.79. The molecule has 0 saturated carbocycles. The Morgan fingerprint density at radius 2 is 1.93 bits per heavy atom. The standard InChI is InChI=1S/C13H21NO/c1-3-13(2,11-15)10-14-9-12-7-5-4-6-8-12/h4-8,14-15H,3,9-11H2,1-2H3. The molecule has 1 aromatic carbocycles. The molecule has 1 rings (SSSR count). The minimum atomic E-state index is 0.00871. The number of benzene rings is 1. The van der Waals surface area contributed by atoms with Gasteiger partial charge in [-0.2, -0.15) is 0 Å². The van der Waals surface area contributed by atoms with Crippen molar-refractivity contribution in [1.29, 1.82) is 0 Å². The van der Waals surface area contributed by atoms with E-state index in [1.165, 1.54) is 5.56 Å². The highest BCUT2D eigenvalue weighted by Crippen LogP contribution is 2.18. The fourth-order valence-corrected chi connectivity index (χ4v) is 1.40. The summed E-state index contributed by atoms with van der Waals surface area (Å²) in [5, 5.41) is 12.6. The molecule has 0 saturated heterocycles. The largest absolute Gasteiger partial charge is 0.396 e. The van der Waals surface area contributed by atoms with Crippen molar-refractivity contribution in [2.45, 2.75) is 26.8 Å². The van der Waals surface area contributed by atoms with Crippen LogP contribution in [0.1, 0.15) is 25.8 Å². The molecule has 84 valence electrons. The van der Waals surface area contributed by atoms with Crippen LogP contribution in [-0.2, 0) is 6.54 Å². The van der Waals surface area contributed by atoms with Crippen LogP contribution in [0.15, 0.2) is 30.3 Å². The van der Waals surface area contributed by atoms with Crippen LogP contribution in [0, 0.1) is 5.41 Å². The molecule has 0 heterocycles. The van der Waals surface area contributed by atoms with Gasteiger partial charge in [0.05, 0.1) is 0 Å². The van der Waals surface area contributed by atoms with E-state index in [1.807, 2.05) is 18.2 Å². The zero-order valence-electron chi connectivity index (χ0n) is 9.66. The summed E-state index contributed by atoms with van der Waals surface area (Å²) in [6.45, 7) is 6.18. The van der Waals surface area contributed by atoms with Crippen LogP contribution in [0.4, 0.5) is 0 Å². The molecule has 15 heavy (non-hydrogen) atoms. The Morgan fingerprint density at radius 3 is 2.47 bits per heavy atom. The van der Waals surface area contributed by atoms with Gasteiger partial charge in [0, 0.05) is 25.1 Å². The molecule has 2 nitrogen and oxygen atoms in total. The van der Waals surface area contributed by atoms with E-state index in [4.69, 9.17) is 0 Å². The van der Waals surface area contributed by atoms with Crippen LogP contribution in [0.5, 0.6) is 0 Å². The Bertz CT molecular complexity index is 267. The van der Waals surface area contributed by atoms with Gasteiger partial charge in [0.1, 0.15) is 0 Å². The summed E-state index contributed by atoms with van der Waals surface area (Å²) < 4.78 is 0. The number of aliphatic hydroxyl groups is 1. The van der Waals surface area contributed by atoms with Gasteiger partial charge in [0.15, 0.2) is 0 Å². The number of nitrogens with one attached hydrogen (secondary N) is 1. The molecule has 0 aliphatic rings. The third-order valence-electron chi connectivity index (χ3n) is 2.96. The van der Waals surface area contributed by atoms with E-state index in [-0.39, 0.29) is 12.0 Å². The first kappa shape index (κ1) is 12.2. The molecule has 0 spiro atoms. The van der Waals surface area contributed by atoms with Gasteiger partial charge in [0.25, 0.3) is 0 Å². The van der Waals surface area contributed by atoms with Gasteiger partial charge in [-0.15, -0.1) is 0 Å². The quantitative estimate of drug-likeness (QED) is 0.749. The summed E-state index contributed by atoms with van der Waals surface area (Å²) in [5.41, 5.74) is 1.29. The van der Waals surface area contributed by atoms with Crippen LogP contribution >= 0.6 is 0 Å². The van der Waals surface area contributed by atoms with Crippen molar-refractivity contribution in [3.8, 4) is 0 Å². The maximum absolute atomic E-state index is 9.24. The van der Waals surface area contributed by atoms with Gasteiger partial charge in [-0.05, 0) is 12.0 Å². The van der Waals surface area contributed by atoms with Gasteiger partial charge in [-0.3, -0.25) is 0 Å². The minimum Gasteiger partial charge on any atom is -0.396 e. The molecule has 0 aliphatic carbocycles. The smallest absolute Gasteiger partial charge is 0.0496 e. The molecule has 2 heteroatoms. The van der Waals surface area contributed by atoms with E-state index in [0.29, 0.717) is 0 Å². The Labute approximate surface area is 92.3 Å². The topological polar surface area (TPSA) is 32.3 Å². The van der Waals surface area contributed by atoms with Gasteiger partial charge >= 0.3 is 0 Å². The Morgan fingerprint density at radius 1 is 1.27 bits per heavy atom. The second kappa shape index (κ2) is 5.89. The summed E-state index contributed by atoms with van der Waals surface area (Å²) in [6, 6.07) is 10.3. The van der Waals surface area contributed by atoms with Crippen LogP contribution < -0.4 is 5.32 Å². The Balaban J connectivity index is 2.33. The van der Waals surface area contributed by atoms with E-state index in [1.54, 1.807) is 0 Å². The summed E-state index contributed by atoms with van der Waals surface area (Å²) in [4.78, 5) is 0. The van der Waals surface area contributed by atoms with E-state index in [0.717, 1.165) is 19.5 Å². The average molecular weight is 207 g/mol. The van der Waals surface area contributed by atoms with Crippen molar-refractivity contribution >= 4 is 0 Å². The van der Waals surface area contributed by atoms with Gasteiger partial charge in [0.2, 0.25) is 0 Å². The molecule has 0 bridgehead atoms. The molecular formula is C13H21NO. The summed E-state index contributed by atoms with van der Waals surface area (Å²) in [7, 11) is 0. The maximum Gasteiger partial charge on any atom is 0.0496 e. The average Bonchev–Trinajstić information content (AvgIpc) is 2.30. The Hall–Kier alpha value is -0.860. The van der Waals surface area contributed by atoms with Crippen LogP contribution in [-0.4, -0.2) is 18.3 Å². The van der Waals surface area contributed by atoms with E-state index >= 15 is 0 Å². The van der Waals surface area contributed by atoms with Crippen LogP contribution in [0.25, 0.3) is 0 Å². The summed E-state index contributed by atoms with van der Waals surface area (Å²) >= 11 is 0. The zero-order valence-corrected chi connectivity index (χ0v) is 9.66. The van der Waals surface area contributed by atoms with Crippen molar-refractivity contribution in [2.75, 3.05) is 13.2 Å².